The Labute approximate surface area is 208 Å². The average Bonchev–Trinajstić information content (AvgIpc) is 2.84. The molecule has 1 atom stereocenters. The van der Waals surface area contributed by atoms with Gasteiger partial charge in [-0.2, -0.15) is 0 Å². The van der Waals surface area contributed by atoms with Crippen LogP contribution in [-0.4, -0.2) is 41.1 Å². The number of carbonyl (C=O) groups is 1. The molecule has 1 amide bonds. The molecule has 3 rings (SSSR count). The highest BCUT2D eigenvalue weighted by atomic mass is 79.9. The summed E-state index contributed by atoms with van der Waals surface area (Å²) in [7, 11) is 3.12. The molecule has 0 saturated heterocycles. The standard InChI is InChI=1S/C26H32BrN3O4/c1-7-8-13-29(25(31)16(2)3)17(4)24-28-20-12-10-9-11-19(20)26(32)30(24)21-14-18(33-5)15-22(34-6)23(21)27/h9-12,14-17H,7-8,13H2,1-6H3. The van der Waals surface area contributed by atoms with Crippen molar-refractivity contribution < 1.29 is 14.3 Å². The Hall–Kier alpha value is -2.87. The highest BCUT2D eigenvalue weighted by Gasteiger charge is 2.29. The molecular formula is C26H32BrN3O4. The smallest absolute Gasteiger partial charge is 0.266 e. The number of rotatable bonds is 9. The van der Waals surface area contributed by atoms with Crippen molar-refractivity contribution in [2.24, 2.45) is 5.92 Å². The average molecular weight is 530 g/mol. The molecular weight excluding hydrogens is 498 g/mol. The first-order valence-electron chi connectivity index (χ1n) is 11.5. The fourth-order valence-corrected chi connectivity index (χ4v) is 4.51. The molecule has 1 aromatic heterocycles. The minimum absolute atomic E-state index is 0.0252. The largest absolute Gasteiger partial charge is 0.497 e. The molecule has 0 aliphatic carbocycles. The molecule has 2 aromatic carbocycles. The quantitative estimate of drug-likeness (QED) is 0.365. The minimum Gasteiger partial charge on any atom is -0.497 e. The second kappa shape index (κ2) is 11.0. The Morgan fingerprint density at radius 1 is 1.15 bits per heavy atom. The Balaban J connectivity index is 2.36. The lowest BCUT2D eigenvalue weighted by Gasteiger charge is -2.32. The van der Waals surface area contributed by atoms with Crippen LogP contribution in [0.25, 0.3) is 16.6 Å². The molecule has 0 spiro atoms. The summed E-state index contributed by atoms with van der Waals surface area (Å²) in [4.78, 5) is 33.8. The second-order valence-electron chi connectivity index (χ2n) is 8.51. The van der Waals surface area contributed by atoms with E-state index < -0.39 is 6.04 Å². The van der Waals surface area contributed by atoms with Gasteiger partial charge in [0.25, 0.3) is 5.56 Å². The number of nitrogens with zero attached hydrogens (tertiary/aromatic N) is 3. The van der Waals surface area contributed by atoms with Crippen molar-refractivity contribution in [1.82, 2.24) is 14.5 Å². The number of benzene rings is 2. The van der Waals surface area contributed by atoms with Gasteiger partial charge in [-0.15, -0.1) is 0 Å². The van der Waals surface area contributed by atoms with Gasteiger partial charge in [0, 0.05) is 24.6 Å². The van der Waals surface area contributed by atoms with Crippen LogP contribution < -0.4 is 15.0 Å². The number of carbonyl (C=O) groups excluding carboxylic acids is 1. The summed E-state index contributed by atoms with van der Waals surface area (Å²) in [5, 5.41) is 0.488. The monoisotopic (exact) mass is 529 g/mol. The zero-order valence-electron chi connectivity index (χ0n) is 20.6. The van der Waals surface area contributed by atoms with Crippen LogP contribution in [0.5, 0.6) is 11.5 Å². The molecule has 0 aliphatic rings. The summed E-state index contributed by atoms with van der Waals surface area (Å²) >= 11 is 3.61. The maximum atomic E-state index is 13.9. The second-order valence-corrected chi connectivity index (χ2v) is 9.30. The fourth-order valence-electron chi connectivity index (χ4n) is 3.94. The molecule has 0 N–H and O–H groups in total. The van der Waals surface area contributed by atoms with Gasteiger partial charge in [-0.3, -0.25) is 14.2 Å². The molecule has 1 unspecified atom stereocenters. The number of unbranched alkanes of at least 4 members (excludes halogenated alkanes) is 1. The highest BCUT2D eigenvalue weighted by Crippen LogP contribution is 2.37. The molecule has 0 aliphatic heterocycles. The summed E-state index contributed by atoms with van der Waals surface area (Å²) in [6, 6.07) is 10.3. The van der Waals surface area contributed by atoms with Crippen molar-refractivity contribution >= 4 is 32.7 Å². The van der Waals surface area contributed by atoms with Gasteiger partial charge in [0.05, 0.1) is 41.3 Å². The molecule has 182 valence electrons. The third kappa shape index (κ3) is 4.97. The normalized spacial score (nSPS) is 12.1. The molecule has 3 aromatic rings. The topological polar surface area (TPSA) is 73.7 Å². The van der Waals surface area contributed by atoms with E-state index in [0.717, 1.165) is 12.8 Å². The Bertz CT molecular complexity index is 1240. The van der Waals surface area contributed by atoms with Crippen molar-refractivity contribution in [1.29, 1.82) is 0 Å². The van der Waals surface area contributed by atoms with E-state index >= 15 is 0 Å². The summed E-state index contributed by atoms with van der Waals surface area (Å²) in [6.07, 6.45) is 1.81. The maximum absolute atomic E-state index is 13.9. The molecule has 34 heavy (non-hydrogen) atoms. The number of aromatic nitrogens is 2. The van der Waals surface area contributed by atoms with Crippen LogP contribution in [0.1, 0.15) is 52.4 Å². The predicted octanol–water partition coefficient (Wildman–Crippen LogP) is 5.51. The van der Waals surface area contributed by atoms with E-state index in [4.69, 9.17) is 14.5 Å². The third-order valence-electron chi connectivity index (χ3n) is 5.86. The van der Waals surface area contributed by atoms with Crippen LogP contribution in [0.2, 0.25) is 0 Å². The molecule has 0 bridgehead atoms. The van der Waals surface area contributed by atoms with Crippen LogP contribution in [0.4, 0.5) is 0 Å². The zero-order valence-corrected chi connectivity index (χ0v) is 22.2. The van der Waals surface area contributed by atoms with Gasteiger partial charge < -0.3 is 14.4 Å². The molecule has 8 heteroatoms. The van der Waals surface area contributed by atoms with E-state index in [1.54, 1.807) is 37.0 Å². The van der Waals surface area contributed by atoms with Crippen LogP contribution in [0.3, 0.4) is 0 Å². The van der Waals surface area contributed by atoms with Crippen LogP contribution >= 0.6 is 15.9 Å². The van der Waals surface area contributed by atoms with Crippen molar-refractivity contribution in [3.8, 4) is 17.2 Å². The van der Waals surface area contributed by atoms with E-state index in [1.807, 2.05) is 43.9 Å². The van der Waals surface area contributed by atoms with Gasteiger partial charge in [0.2, 0.25) is 5.91 Å². The molecule has 0 radical (unpaired) electrons. The molecule has 7 nitrogen and oxygen atoms in total. The summed E-state index contributed by atoms with van der Waals surface area (Å²) in [5.41, 5.74) is 0.897. The SMILES string of the molecule is CCCCN(C(=O)C(C)C)C(C)c1nc2ccccc2c(=O)n1-c1cc(OC)cc(OC)c1Br. The van der Waals surface area contributed by atoms with E-state index in [1.165, 1.54) is 0 Å². The van der Waals surface area contributed by atoms with Crippen molar-refractivity contribution in [3.63, 3.8) is 0 Å². The predicted molar refractivity (Wildman–Crippen MR) is 138 cm³/mol. The number of fused-ring (bicyclic) bond motifs is 1. The van der Waals surface area contributed by atoms with E-state index in [2.05, 4.69) is 22.9 Å². The van der Waals surface area contributed by atoms with Gasteiger partial charge in [-0.05, 0) is 41.4 Å². The molecule has 0 saturated carbocycles. The number of methoxy groups -OCH3 is 2. The lowest BCUT2D eigenvalue weighted by molar-refractivity contribution is -0.137. The lowest BCUT2D eigenvalue weighted by atomic mass is 10.1. The summed E-state index contributed by atoms with van der Waals surface area (Å²) in [5.74, 6) is 1.38. The van der Waals surface area contributed by atoms with Gasteiger partial charge in [-0.25, -0.2) is 4.98 Å². The van der Waals surface area contributed by atoms with Crippen molar-refractivity contribution in [3.05, 3.63) is 57.0 Å². The Morgan fingerprint density at radius 3 is 2.47 bits per heavy atom. The fraction of sp³-hybridized carbons (Fsp3) is 0.423. The Kier molecular flexibility index (Phi) is 8.36. The van der Waals surface area contributed by atoms with Crippen molar-refractivity contribution in [2.75, 3.05) is 20.8 Å². The number of ether oxygens (including phenoxy) is 2. The van der Waals surface area contributed by atoms with E-state index in [-0.39, 0.29) is 17.4 Å². The maximum Gasteiger partial charge on any atom is 0.266 e. The van der Waals surface area contributed by atoms with E-state index in [0.29, 0.717) is 44.9 Å². The first-order valence-corrected chi connectivity index (χ1v) is 12.3. The van der Waals surface area contributed by atoms with Gasteiger partial charge in [-0.1, -0.05) is 39.3 Å². The first kappa shape index (κ1) is 25.7. The number of amides is 1. The number of hydrogen-bond donors (Lipinski definition) is 0. The lowest BCUT2D eigenvalue weighted by Crippen LogP contribution is -2.40. The third-order valence-corrected chi connectivity index (χ3v) is 6.66. The van der Waals surface area contributed by atoms with Crippen LogP contribution in [0.15, 0.2) is 45.7 Å². The van der Waals surface area contributed by atoms with E-state index in [9.17, 15) is 9.59 Å². The van der Waals surface area contributed by atoms with Gasteiger partial charge in [0.1, 0.15) is 17.3 Å². The minimum atomic E-state index is -0.442. The zero-order chi connectivity index (χ0) is 25.0. The summed E-state index contributed by atoms with van der Waals surface area (Å²) < 4.78 is 13.2. The molecule has 0 fully saturated rings. The number of hydrogen-bond acceptors (Lipinski definition) is 5. The molecule has 1 heterocycles. The summed E-state index contributed by atoms with van der Waals surface area (Å²) in [6.45, 7) is 8.37. The van der Waals surface area contributed by atoms with Crippen LogP contribution in [-0.2, 0) is 4.79 Å². The number of halogens is 1. The Morgan fingerprint density at radius 2 is 1.85 bits per heavy atom. The van der Waals surface area contributed by atoms with Crippen LogP contribution in [0, 0.1) is 5.92 Å². The van der Waals surface area contributed by atoms with Gasteiger partial charge in [0.15, 0.2) is 0 Å². The highest BCUT2D eigenvalue weighted by molar-refractivity contribution is 9.10. The first-order chi connectivity index (χ1) is 16.2. The van der Waals surface area contributed by atoms with Crippen molar-refractivity contribution in [2.45, 2.75) is 46.6 Å². The number of para-hydroxylation sites is 1. The van der Waals surface area contributed by atoms with Gasteiger partial charge >= 0.3 is 0 Å².